The molecule has 62 valence electrons. The van der Waals surface area contributed by atoms with E-state index >= 15 is 0 Å². The van der Waals surface area contributed by atoms with Gasteiger partial charge in [0.2, 0.25) is 0 Å². The van der Waals surface area contributed by atoms with E-state index in [9.17, 15) is 0 Å². The Balaban J connectivity index is 3.14. The maximum absolute atomic E-state index is 5.57. The topological polar surface area (TPSA) is 43.8 Å². The molecule has 1 heterocycles. The lowest BCUT2D eigenvalue weighted by atomic mass is 10.2. The lowest BCUT2D eigenvalue weighted by Gasteiger charge is -1.98. The third-order valence-corrected chi connectivity index (χ3v) is 2.04. The van der Waals surface area contributed by atoms with Crippen molar-refractivity contribution in [1.29, 1.82) is 0 Å². The molecule has 0 fully saturated rings. The highest BCUT2D eigenvalue weighted by molar-refractivity contribution is 5.23. The van der Waals surface area contributed by atoms with Crippen LogP contribution in [0.5, 0.6) is 0 Å². The van der Waals surface area contributed by atoms with Gasteiger partial charge in [0.25, 0.3) is 0 Å². The van der Waals surface area contributed by atoms with E-state index in [1.54, 1.807) is 0 Å². The van der Waals surface area contributed by atoms with Gasteiger partial charge in [-0.2, -0.15) is 5.10 Å². The molecule has 1 aromatic rings. The lowest BCUT2D eigenvalue weighted by Crippen LogP contribution is -2.01. The van der Waals surface area contributed by atoms with E-state index in [0.29, 0.717) is 6.54 Å². The van der Waals surface area contributed by atoms with E-state index in [-0.39, 0.29) is 0 Å². The molecule has 2 N–H and O–H groups in total. The molecule has 0 aromatic carbocycles. The fraction of sp³-hybridized carbons (Fsp3) is 0.625. The van der Waals surface area contributed by atoms with E-state index in [1.165, 1.54) is 11.3 Å². The third kappa shape index (κ3) is 1.28. The van der Waals surface area contributed by atoms with Crippen molar-refractivity contribution in [3.05, 3.63) is 17.0 Å². The van der Waals surface area contributed by atoms with Crippen LogP contribution in [0.1, 0.15) is 23.9 Å². The molecule has 1 aromatic heterocycles. The van der Waals surface area contributed by atoms with E-state index in [2.05, 4.69) is 18.9 Å². The zero-order chi connectivity index (χ0) is 8.43. The highest BCUT2D eigenvalue weighted by Gasteiger charge is 2.07. The first-order chi connectivity index (χ1) is 5.20. The second-order valence-electron chi connectivity index (χ2n) is 2.67. The van der Waals surface area contributed by atoms with Crippen molar-refractivity contribution in [2.24, 2.45) is 5.73 Å². The molecule has 0 spiro atoms. The van der Waals surface area contributed by atoms with Crippen molar-refractivity contribution in [3.8, 4) is 0 Å². The van der Waals surface area contributed by atoms with Crippen molar-refractivity contribution in [3.63, 3.8) is 0 Å². The molecule has 0 saturated heterocycles. The predicted molar refractivity (Wildman–Crippen MR) is 45.3 cm³/mol. The van der Waals surface area contributed by atoms with Crippen LogP contribution in [0.3, 0.4) is 0 Å². The standard InChI is InChI=1S/C8H15N3/c1-4-11-7(3)8(5-9)6(2)10-11/h4-5,9H2,1-3H3. The van der Waals surface area contributed by atoms with Crippen molar-refractivity contribution in [1.82, 2.24) is 9.78 Å². The highest BCUT2D eigenvalue weighted by atomic mass is 15.3. The average molecular weight is 153 g/mol. The monoisotopic (exact) mass is 153 g/mol. The summed E-state index contributed by atoms with van der Waals surface area (Å²) in [6, 6.07) is 0. The van der Waals surface area contributed by atoms with Crippen LogP contribution in [-0.2, 0) is 13.1 Å². The first-order valence-electron chi connectivity index (χ1n) is 3.93. The average Bonchev–Trinajstić information content (AvgIpc) is 2.26. The minimum absolute atomic E-state index is 0.595. The van der Waals surface area contributed by atoms with Crippen molar-refractivity contribution in [2.75, 3.05) is 0 Å². The molecule has 0 aliphatic heterocycles. The van der Waals surface area contributed by atoms with Gasteiger partial charge in [-0.05, 0) is 20.8 Å². The molecular formula is C8H15N3. The van der Waals surface area contributed by atoms with Gasteiger partial charge in [-0.1, -0.05) is 0 Å². The first-order valence-corrected chi connectivity index (χ1v) is 3.93. The molecule has 0 bridgehead atoms. The molecule has 0 saturated carbocycles. The first kappa shape index (κ1) is 8.27. The zero-order valence-electron chi connectivity index (χ0n) is 7.39. The number of aryl methyl sites for hydroxylation is 2. The number of nitrogens with two attached hydrogens (primary N) is 1. The predicted octanol–water partition coefficient (Wildman–Crippen LogP) is 0.979. The summed E-state index contributed by atoms with van der Waals surface area (Å²) in [6.45, 7) is 7.66. The molecule has 3 heteroatoms. The number of rotatable bonds is 2. The van der Waals surface area contributed by atoms with Gasteiger partial charge in [0.15, 0.2) is 0 Å². The summed E-state index contributed by atoms with van der Waals surface area (Å²) >= 11 is 0. The van der Waals surface area contributed by atoms with Crippen LogP contribution in [0.4, 0.5) is 0 Å². The molecule has 0 amide bonds. The largest absolute Gasteiger partial charge is 0.326 e. The van der Waals surface area contributed by atoms with Gasteiger partial charge in [0.05, 0.1) is 5.69 Å². The van der Waals surface area contributed by atoms with Gasteiger partial charge in [0.1, 0.15) is 0 Å². The van der Waals surface area contributed by atoms with Crippen LogP contribution < -0.4 is 5.73 Å². The molecule has 0 aliphatic rings. The van der Waals surface area contributed by atoms with Gasteiger partial charge in [0, 0.05) is 24.3 Å². The molecule has 1 rings (SSSR count). The van der Waals surface area contributed by atoms with Gasteiger partial charge >= 0.3 is 0 Å². The third-order valence-electron chi connectivity index (χ3n) is 2.04. The summed E-state index contributed by atoms with van der Waals surface area (Å²) in [7, 11) is 0. The van der Waals surface area contributed by atoms with Gasteiger partial charge in [-0.3, -0.25) is 4.68 Å². The molecular weight excluding hydrogens is 138 g/mol. The Bertz CT molecular complexity index is 250. The fourth-order valence-corrected chi connectivity index (χ4v) is 1.34. The maximum atomic E-state index is 5.57. The minimum Gasteiger partial charge on any atom is -0.326 e. The minimum atomic E-state index is 0.595. The summed E-state index contributed by atoms with van der Waals surface area (Å²) in [5.41, 5.74) is 9.02. The second kappa shape index (κ2) is 3.05. The Morgan fingerprint density at radius 1 is 1.45 bits per heavy atom. The normalized spacial score (nSPS) is 10.5. The molecule has 0 unspecified atom stereocenters. The molecule has 0 aliphatic carbocycles. The van der Waals surface area contributed by atoms with Crippen LogP contribution in [0.2, 0.25) is 0 Å². The second-order valence-corrected chi connectivity index (χ2v) is 2.67. The molecule has 3 nitrogen and oxygen atoms in total. The Morgan fingerprint density at radius 2 is 2.09 bits per heavy atom. The van der Waals surface area contributed by atoms with Crippen LogP contribution in [0, 0.1) is 13.8 Å². The summed E-state index contributed by atoms with van der Waals surface area (Å²) in [6.07, 6.45) is 0. The van der Waals surface area contributed by atoms with Gasteiger partial charge in [-0.25, -0.2) is 0 Å². The van der Waals surface area contributed by atoms with E-state index in [0.717, 1.165) is 12.2 Å². The van der Waals surface area contributed by atoms with Gasteiger partial charge < -0.3 is 5.73 Å². The fourth-order valence-electron chi connectivity index (χ4n) is 1.34. The van der Waals surface area contributed by atoms with E-state index in [1.807, 2.05) is 11.6 Å². The Hall–Kier alpha value is -0.830. The Kier molecular flexibility index (Phi) is 2.29. The lowest BCUT2D eigenvalue weighted by molar-refractivity contribution is 0.633. The summed E-state index contributed by atoms with van der Waals surface area (Å²) < 4.78 is 1.98. The molecule has 0 radical (unpaired) electrons. The number of hydrogen-bond donors (Lipinski definition) is 1. The number of aromatic nitrogens is 2. The molecule has 0 atom stereocenters. The van der Waals surface area contributed by atoms with Crippen LogP contribution in [-0.4, -0.2) is 9.78 Å². The van der Waals surface area contributed by atoms with Crippen molar-refractivity contribution in [2.45, 2.75) is 33.9 Å². The smallest absolute Gasteiger partial charge is 0.0641 e. The van der Waals surface area contributed by atoms with Crippen LogP contribution in [0.25, 0.3) is 0 Å². The van der Waals surface area contributed by atoms with Crippen LogP contribution in [0.15, 0.2) is 0 Å². The number of nitrogens with zero attached hydrogens (tertiary/aromatic N) is 2. The Labute approximate surface area is 67.2 Å². The van der Waals surface area contributed by atoms with Crippen molar-refractivity contribution < 1.29 is 0 Å². The van der Waals surface area contributed by atoms with Crippen molar-refractivity contribution >= 4 is 0 Å². The molecule has 11 heavy (non-hydrogen) atoms. The highest BCUT2D eigenvalue weighted by Crippen LogP contribution is 2.11. The zero-order valence-corrected chi connectivity index (χ0v) is 7.39. The van der Waals surface area contributed by atoms with Crippen LogP contribution >= 0.6 is 0 Å². The van der Waals surface area contributed by atoms with Gasteiger partial charge in [-0.15, -0.1) is 0 Å². The van der Waals surface area contributed by atoms with E-state index in [4.69, 9.17) is 5.73 Å². The van der Waals surface area contributed by atoms with E-state index < -0.39 is 0 Å². The summed E-state index contributed by atoms with van der Waals surface area (Å²) in [5, 5.41) is 4.34. The Morgan fingerprint density at radius 3 is 2.36 bits per heavy atom. The summed E-state index contributed by atoms with van der Waals surface area (Å²) in [4.78, 5) is 0. The quantitative estimate of drug-likeness (QED) is 0.688. The SMILES string of the molecule is CCn1nc(C)c(CN)c1C. The summed E-state index contributed by atoms with van der Waals surface area (Å²) in [5.74, 6) is 0. The maximum Gasteiger partial charge on any atom is 0.0641 e. The number of hydrogen-bond acceptors (Lipinski definition) is 2.